The maximum atomic E-state index is 10.7. The van der Waals surface area contributed by atoms with Crippen molar-refractivity contribution in [3.05, 3.63) is 0 Å². The summed E-state index contributed by atoms with van der Waals surface area (Å²) in [7, 11) is 1.38. The van der Waals surface area contributed by atoms with Crippen molar-refractivity contribution >= 4 is 5.97 Å². The Balaban J connectivity index is 3.40. The quantitative estimate of drug-likeness (QED) is 0.512. The van der Waals surface area contributed by atoms with Crippen LogP contribution in [0.2, 0.25) is 0 Å². The first kappa shape index (κ1) is 12.9. The molecule has 0 radical (unpaired) electrons. The van der Waals surface area contributed by atoms with Gasteiger partial charge in [0.2, 0.25) is 0 Å². The first-order valence-electron chi connectivity index (χ1n) is 4.70. The number of hydrogen-bond donors (Lipinski definition) is 1. The molecule has 0 aromatic rings. The molecule has 0 aromatic heterocycles. The molecule has 0 saturated heterocycles. The van der Waals surface area contributed by atoms with Crippen LogP contribution >= 0.6 is 0 Å². The van der Waals surface area contributed by atoms with E-state index in [0.29, 0.717) is 13.0 Å². The molecule has 0 amide bonds. The SMILES string of the molecule is COC(=O)CCNCCC(C)(C)C#N. The van der Waals surface area contributed by atoms with Crippen LogP contribution in [0.5, 0.6) is 0 Å². The van der Waals surface area contributed by atoms with E-state index in [1.807, 2.05) is 13.8 Å². The molecule has 1 N–H and O–H groups in total. The highest BCUT2D eigenvalue weighted by Crippen LogP contribution is 2.16. The number of nitrogens with one attached hydrogen (secondary N) is 1. The Hall–Kier alpha value is -1.08. The summed E-state index contributed by atoms with van der Waals surface area (Å²) in [6.07, 6.45) is 1.16. The Kier molecular flexibility index (Phi) is 5.89. The number of nitrogens with zero attached hydrogens (tertiary/aromatic N) is 1. The summed E-state index contributed by atoms with van der Waals surface area (Å²) in [5, 5.41) is 11.8. The molecule has 0 rings (SSSR count). The molecule has 80 valence electrons. The number of esters is 1. The highest BCUT2D eigenvalue weighted by atomic mass is 16.5. The second-order valence-corrected chi connectivity index (χ2v) is 3.82. The molecule has 4 heteroatoms. The van der Waals surface area contributed by atoms with Crippen LogP contribution in [0.3, 0.4) is 0 Å². The zero-order chi connectivity index (χ0) is 11.0. The van der Waals surface area contributed by atoms with Gasteiger partial charge in [0, 0.05) is 6.54 Å². The van der Waals surface area contributed by atoms with Gasteiger partial charge in [-0.25, -0.2) is 0 Å². The van der Waals surface area contributed by atoms with Gasteiger partial charge in [-0.1, -0.05) is 0 Å². The maximum absolute atomic E-state index is 10.7. The van der Waals surface area contributed by atoms with E-state index in [0.717, 1.165) is 13.0 Å². The summed E-state index contributed by atoms with van der Waals surface area (Å²) < 4.78 is 4.49. The Morgan fingerprint density at radius 3 is 2.64 bits per heavy atom. The third-order valence-electron chi connectivity index (χ3n) is 1.96. The molecular weight excluding hydrogens is 180 g/mol. The third-order valence-corrected chi connectivity index (χ3v) is 1.96. The highest BCUT2D eigenvalue weighted by Gasteiger charge is 2.15. The number of nitriles is 1. The standard InChI is InChI=1S/C10H18N2O2/c1-10(2,8-11)5-7-12-6-4-9(13)14-3/h12H,4-7H2,1-3H3. The molecular formula is C10H18N2O2. The molecule has 0 heterocycles. The Bertz CT molecular complexity index is 219. The topological polar surface area (TPSA) is 62.1 Å². The molecule has 0 fully saturated rings. The van der Waals surface area contributed by atoms with Crippen molar-refractivity contribution < 1.29 is 9.53 Å². The lowest BCUT2D eigenvalue weighted by molar-refractivity contribution is -0.140. The number of ether oxygens (including phenoxy) is 1. The minimum Gasteiger partial charge on any atom is -0.469 e. The summed E-state index contributed by atoms with van der Waals surface area (Å²) >= 11 is 0. The fourth-order valence-electron chi connectivity index (χ4n) is 0.874. The predicted molar refractivity (Wildman–Crippen MR) is 53.5 cm³/mol. The van der Waals surface area contributed by atoms with Gasteiger partial charge in [-0.3, -0.25) is 4.79 Å². The Labute approximate surface area is 85.2 Å². The van der Waals surface area contributed by atoms with E-state index in [2.05, 4.69) is 16.1 Å². The van der Waals surface area contributed by atoms with Crippen molar-refractivity contribution in [3.63, 3.8) is 0 Å². The fourth-order valence-corrected chi connectivity index (χ4v) is 0.874. The van der Waals surface area contributed by atoms with E-state index < -0.39 is 0 Å². The molecule has 0 aliphatic heterocycles. The largest absolute Gasteiger partial charge is 0.469 e. The van der Waals surface area contributed by atoms with Gasteiger partial charge in [-0.15, -0.1) is 0 Å². The van der Waals surface area contributed by atoms with Crippen molar-refractivity contribution in [2.45, 2.75) is 26.7 Å². The van der Waals surface area contributed by atoms with E-state index in [1.54, 1.807) is 0 Å². The molecule has 0 aromatic carbocycles. The molecule has 0 saturated carbocycles. The number of methoxy groups -OCH3 is 1. The zero-order valence-electron chi connectivity index (χ0n) is 9.09. The number of carbonyl (C=O) groups excluding carboxylic acids is 1. The first-order chi connectivity index (χ1) is 6.52. The molecule has 0 bridgehead atoms. The van der Waals surface area contributed by atoms with Gasteiger partial charge < -0.3 is 10.1 Å². The average molecular weight is 198 g/mol. The Morgan fingerprint density at radius 1 is 1.50 bits per heavy atom. The summed E-state index contributed by atoms with van der Waals surface area (Å²) in [4.78, 5) is 10.7. The van der Waals surface area contributed by atoms with Gasteiger partial charge in [-0.05, 0) is 26.8 Å². The van der Waals surface area contributed by atoms with Crippen LogP contribution in [-0.2, 0) is 9.53 Å². The summed E-state index contributed by atoms with van der Waals surface area (Å²) in [6.45, 7) is 5.15. The van der Waals surface area contributed by atoms with Gasteiger partial charge in [0.25, 0.3) is 0 Å². The van der Waals surface area contributed by atoms with Crippen LogP contribution in [0.15, 0.2) is 0 Å². The minimum absolute atomic E-state index is 0.211. The van der Waals surface area contributed by atoms with E-state index in [1.165, 1.54) is 7.11 Å². The van der Waals surface area contributed by atoms with Gasteiger partial charge in [0.15, 0.2) is 0 Å². The Morgan fingerprint density at radius 2 is 2.14 bits per heavy atom. The van der Waals surface area contributed by atoms with E-state index in [-0.39, 0.29) is 11.4 Å². The minimum atomic E-state index is -0.293. The van der Waals surface area contributed by atoms with Crippen molar-refractivity contribution in [2.24, 2.45) is 5.41 Å². The van der Waals surface area contributed by atoms with Crippen molar-refractivity contribution in [1.82, 2.24) is 5.32 Å². The second-order valence-electron chi connectivity index (χ2n) is 3.82. The van der Waals surface area contributed by atoms with Crippen molar-refractivity contribution in [3.8, 4) is 6.07 Å². The maximum Gasteiger partial charge on any atom is 0.306 e. The lowest BCUT2D eigenvalue weighted by Crippen LogP contribution is -2.24. The van der Waals surface area contributed by atoms with Gasteiger partial charge in [-0.2, -0.15) is 5.26 Å². The van der Waals surface area contributed by atoms with Crippen LogP contribution in [0.1, 0.15) is 26.7 Å². The van der Waals surface area contributed by atoms with E-state index >= 15 is 0 Å². The smallest absolute Gasteiger partial charge is 0.306 e. The van der Waals surface area contributed by atoms with E-state index in [4.69, 9.17) is 5.26 Å². The predicted octanol–water partition coefficient (Wildman–Crippen LogP) is 1.08. The molecule has 14 heavy (non-hydrogen) atoms. The van der Waals surface area contributed by atoms with Crippen LogP contribution in [-0.4, -0.2) is 26.2 Å². The van der Waals surface area contributed by atoms with E-state index in [9.17, 15) is 4.79 Å². The van der Waals surface area contributed by atoms with Gasteiger partial charge in [0.1, 0.15) is 0 Å². The van der Waals surface area contributed by atoms with Gasteiger partial charge in [0.05, 0.1) is 25.0 Å². The third kappa shape index (κ3) is 6.44. The number of hydrogen-bond acceptors (Lipinski definition) is 4. The average Bonchev–Trinajstić information content (AvgIpc) is 2.17. The monoisotopic (exact) mass is 198 g/mol. The summed E-state index contributed by atoms with van der Waals surface area (Å²) in [5.41, 5.74) is -0.293. The molecule has 0 unspecified atom stereocenters. The van der Waals surface area contributed by atoms with Crippen LogP contribution in [0.25, 0.3) is 0 Å². The molecule has 0 atom stereocenters. The fraction of sp³-hybridized carbons (Fsp3) is 0.800. The van der Waals surface area contributed by atoms with Crippen LogP contribution in [0.4, 0.5) is 0 Å². The second kappa shape index (κ2) is 6.39. The lowest BCUT2D eigenvalue weighted by atomic mass is 9.91. The van der Waals surface area contributed by atoms with Crippen LogP contribution < -0.4 is 5.32 Å². The first-order valence-corrected chi connectivity index (χ1v) is 4.70. The highest BCUT2D eigenvalue weighted by molar-refractivity contribution is 5.69. The van der Waals surface area contributed by atoms with Crippen molar-refractivity contribution in [1.29, 1.82) is 5.26 Å². The summed E-state index contributed by atoms with van der Waals surface area (Å²) in [5.74, 6) is -0.211. The zero-order valence-corrected chi connectivity index (χ0v) is 9.09. The van der Waals surface area contributed by atoms with Gasteiger partial charge >= 0.3 is 5.97 Å². The number of rotatable bonds is 6. The normalized spacial score (nSPS) is 10.7. The van der Waals surface area contributed by atoms with Crippen molar-refractivity contribution in [2.75, 3.05) is 20.2 Å². The van der Waals surface area contributed by atoms with Crippen LogP contribution in [0, 0.1) is 16.7 Å². The lowest BCUT2D eigenvalue weighted by Gasteiger charge is -2.14. The molecule has 0 aliphatic carbocycles. The summed E-state index contributed by atoms with van der Waals surface area (Å²) in [6, 6.07) is 2.22. The number of carbonyl (C=O) groups is 1. The molecule has 0 spiro atoms. The molecule has 4 nitrogen and oxygen atoms in total. The molecule has 0 aliphatic rings.